The van der Waals surface area contributed by atoms with E-state index in [1.807, 2.05) is 19.1 Å². The molecule has 0 radical (unpaired) electrons. The molecule has 0 aliphatic heterocycles. The van der Waals surface area contributed by atoms with Gasteiger partial charge in [-0.3, -0.25) is 4.79 Å². The molecule has 2 aromatic heterocycles. The number of nitrogens with one attached hydrogen (secondary N) is 1. The number of hydrogen-bond acceptors (Lipinski definition) is 5. The highest BCUT2D eigenvalue weighted by Gasteiger charge is 2.22. The van der Waals surface area contributed by atoms with Gasteiger partial charge in [0.25, 0.3) is 0 Å². The highest BCUT2D eigenvalue weighted by Crippen LogP contribution is 2.33. The van der Waals surface area contributed by atoms with E-state index in [2.05, 4.69) is 15.5 Å². The zero-order valence-corrected chi connectivity index (χ0v) is 13.6. The molecule has 3 rings (SSSR count). The Balaban J connectivity index is 1.65. The Bertz CT molecular complexity index is 629. The highest BCUT2D eigenvalue weighted by atomic mass is 32.1. The van der Waals surface area contributed by atoms with Gasteiger partial charge in [0.2, 0.25) is 17.6 Å². The number of rotatable bonds is 5. The van der Waals surface area contributed by atoms with Gasteiger partial charge in [-0.2, -0.15) is 4.98 Å². The van der Waals surface area contributed by atoms with Gasteiger partial charge in [0.15, 0.2) is 0 Å². The topological polar surface area (TPSA) is 68.0 Å². The third-order valence-corrected chi connectivity index (χ3v) is 5.14. The maximum Gasteiger partial charge on any atom is 0.230 e. The third-order valence-electron chi connectivity index (χ3n) is 4.06. The van der Waals surface area contributed by atoms with Crippen molar-refractivity contribution < 1.29 is 9.32 Å². The van der Waals surface area contributed by atoms with Crippen LogP contribution in [0, 0.1) is 0 Å². The van der Waals surface area contributed by atoms with Crippen LogP contribution in [0.1, 0.15) is 62.1 Å². The van der Waals surface area contributed by atoms with E-state index in [9.17, 15) is 4.79 Å². The van der Waals surface area contributed by atoms with Crippen LogP contribution in [0.4, 0.5) is 0 Å². The first-order valence-corrected chi connectivity index (χ1v) is 8.77. The van der Waals surface area contributed by atoms with E-state index in [0.717, 1.165) is 28.5 Å². The van der Waals surface area contributed by atoms with Gasteiger partial charge in [0.1, 0.15) is 0 Å². The van der Waals surface area contributed by atoms with Gasteiger partial charge in [-0.15, -0.1) is 11.3 Å². The molecule has 1 amide bonds. The van der Waals surface area contributed by atoms with E-state index in [-0.39, 0.29) is 5.91 Å². The number of thiophene rings is 1. The molecule has 5 nitrogen and oxygen atoms in total. The van der Waals surface area contributed by atoms with Crippen LogP contribution in [0.3, 0.4) is 0 Å². The number of aromatic nitrogens is 2. The van der Waals surface area contributed by atoms with E-state index in [0.29, 0.717) is 24.7 Å². The average Bonchev–Trinajstić information content (AvgIpc) is 3.22. The molecule has 0 atom stereocenters. The predicted molar refractivity (Wildman–Crippen MR) is 85.6 cm³/mol. The van der Waals surface area contributed by atoms with E-state index >= 15 is 0 Å². The summed E-state index contributed by atoms with van der Waals surface area (Å²) in [6, 6.07) is 4.00. The molecule has 0 bridgehead atoms. The summed E-state index contributed by atoms with van der Waals surface area (Å²) in [5.41, 5.74) is 0. The van der Waals surface area contributed by atoms with Crippen LogP contribution in [0.15, 0.2) is 16.7 Å². The van der Waals surface area contributed by atoms with Gasteiger partial charge in [-0.05, 0) is 25.0 Å². The molecule has 1 aliphatic rings. The summed E-state index contributed by atoms with van der Waals surface area (Å²) in [6.07, 6.45) is 6.63. The van der Waals surface area contributed by atoms with Crippen LogP contribution in [0.2, 0.25) is 0 Å². The van der Waals surface area contributed by atoms with Crippen molar-refractivity contribution in [2.24, 2.45) is 0 Å². The lowest BCUT2D eigenvalue weighted by molar-refractivity contribution is -0.120. The van der Waals surface area contributed by atoms with Crippen LogP contribution < -0.4 is 5.32 Å². The van der Waals surface area contributed by atoms with Crippen molar-refractivity contribution in [2.45, 2.75) is 57.9 Å². The number of carbonyl (C=O) groups is 1. The van der Waals surface area contributed by atoms with E-state index in [4.69, 9.17) is 4.52 Å². The molecule has 1 aliphatic carbocycles. The quantitative estimate of drug-likeness (QED) is 0.908. The molecule has 0 unspecified atom stereocenters. The minimum atomic E-state index is 0.0640. The summed E-state index contributed by atoms with van der Waals surface area (Å²) >= 11 is 1.60. The van der Waals surface area contributed by atoms with Crippen LogP contribution in [0.25, 0.3) is 10.7 Å². The average molecular weight is 319 g/mol. The molecular formula is C16H21N3O2S. The number of amides is 1. The van der Waals surface area contributed by atoms with Gasteiger partial charge in [-0.25, -0.2) is 0 Å². The van der Waals surface area contributed by atoms with Crippen LogP contribution in [-0.4, -0.2) is 16.0 Å². The lowest BCUT2D eigenvalue weighted by atomic mass is 9.89. The van der Waals surface area contributed by atoms with Crippen molar-refractivity contribution >= 4 is 17.2 Å². The first-order chi connectivity index (χ1) is 10.8. The van der Waals surface area contributed by atoms with Crippen molar-refractivity contribution in [1.82, 2.24) is 15.5 Å². The first kappa shape index (κ1) is 15.2. The Morgan fingerprint density at radius 3 is 2.95 bits per heavy atom. The fraction of sp³-hybridized carbons (Fsp3) is 0.562. The molecular weight excluding hydrogens is 298 g/mol. The minimum absolute atomic E-state index is 0.0640. The monoisotopic (exact) mass is 319 g/mol. The van der Waals surface area contributed by atoms with Crippen molar-refractivity contribution in [2.75, 3.05) is 0 Å². The number of carbonyl (C=O) groups excluding carboxylic acids is 1. The zero-order chi connectivity index (χ0) is 15.4. The standard InChI is InChI=1S/C16H21N3O2S/c1-2-14(20)17-10-12-8-9-13(22-12)15-18-16(21-19-15)11-6-4-3-5-7-11/h8-9,11H,2-7,10H2,1H3,(H,17,20). The normalized spacial score (nSPS) is 15.9. The summed E-state index contributed by atoms with van der Waals surface area (Å²) in [6.45, 7) is 2.41. The Hall–Kier alpha value is -1.69. The molecule has 1 fully saturated rings. The molecule has 0 aromatic carbocycles. The largest absolute Gasteiger partial charge is 0.351 e. The van der Waals surface area contributed by atoms with E-state index in [1.54, 1.807) is 11.3 Å². The molecule has 0 spiro atoms. The van der Waals surface area contributed by atoms with Gasteiger partial charge in [0.05, 0.1) is 11.4 Å². The molecule has 22 heavy (non-hydrogen) atoms. The van der Waals surface area contributed by atoms with E-state index in [1.165, 1.54) is 19.3 Å². The van der Waals surface area contributed by atoms with Crippen molar-refractivity contribution in [3.63, 3.8) is 0 Å². The Morgan fingerprint density at radius 2 is 2.18 bits per heavy atom. The predicted octanol–water partition coefficient (Wildman–Crippen LogP) is 3.87. The second-order valence-corrected chi connectivity index (χ2v) is 6.86. The molecule has 2 heterocycles. The first-order valence-electron chi connectivity index (χ1n) is 7.95. The number of hydrogen-bond donors (Lipinski definition) is 1. The fourth-order valence-corrected chi connectivity index (χ4v) is 3.63. The Morgan fingerprint density at radius 1 is 1.36 bits per heavy atom. The van der Waals surface area contributed by atoms with E-state index < -0.39 is 0 Å². The number of nitrogens with zero attached hydrogens (tertiary/aromatic N) is 2. The second kappa shape index (κ2) is 7.05. The summed E-state index contributed by atoms with van der Waals surface area (Å²) in [4.78, 5) is 18.0. The van der Waals surface area contributed by atoms with Gasteiger partial charge in [-0.1, -0.05) is 31.3 Å². The summed E-state index contributed by atoms with van der Waals surface area (Å²) < 4.78 is 5.46. The van der Waals surface area contributed by atoms with Crippen molar-refractivity contribution in [3.05, 3.63) is 22.9 Å². The summed E-state index contributed by atoms with van der Waals surface area (Å²) in [7, 11) is 0. The maximum atomic E-state index is 11.3. The van der Waals surface area contributed by atoms with Crippen LogP contribution in [-0.2, 0) is 11.3 Å². The molecule has 1 N–H and O–H groups in total. The van der Waals surface area contributed by atoms with Gasteiger partial charge in [0, 0.05) is 17.2 Å². The molecule has 2 aromatic rings. The van der Waals surface area contributed by atoms with Crippen molar-refractivity contribution in [1.29, 1.82) is 0 Å². The second-order valence-electron chi connectivity index (χ2n) is 5.69. The SMILES string of the molecule is CCC(=O)NCc1ccc(-c2noc(C3CCCCC3)n2)s1. The summed E-state index contributed by atoms with van der Waals surface area (Å²) in [5.74, 6) is 1.94. The molecule has 118 valence electrons. The highest BCUT2D eigenvalue weighted by molar-refractivity contribution is 7.15. The maximum absolute atomic E-state index is 11.3. The van der Waals surface area contributed by atoms with Crippen LogP contribution in [0.5, 0.6) is 0 Å². The fourth-order valence-electron chi connectivity index (χ4n) is 2.75. The van der Waals surface area contributed by atoms with Crippen molar-refractivity contribution in [3.8, 4) is 10.7 Å². The third kappa shape index (κ3) is 3.55. The lowest BCUT2D eigenvalue weighted by Crippen LogP contribution is -2.20. The zero-order valence-electron chi connectivity index (χ0n) is 12.8. The minimum Gasteiger partial charge on any atom is -0.351 e. The lowest BCUT2D eigenvalue weighted by Gasteiger charge is -2.17. The summed E-state index contributed by atoms with van der Waals surface area (Å²) in [5, 5.41) is 7.00. The molecule has 0 saturated heterocycles. The van der Waals surface area contributed by atoms with Crippen LogP contribution >= 0.6 is 11.3 Å². The molecule has 1 saturated carbocycles. The van der Waals surface area contributed by atoms with Gasteiger partial charge < -0.3 is 9.84 Å². The Kier molecular flexibility index (Phi) is 4.87. The Labute approximate surface area is 134 Å². The van der Waals surface area contributed by atoms with Gasteiger partial charge >= 0.3 is 0 Å². The smallest absolute Gasteiger partial charge is 0.230 e. The molecule has 6 heteroatoms.